The molecule has 9 N–H and O–H groups in total. The first kappa shape index (κ1) is 33.6. The average molecular weight is 628 g/mol. The van der Waals surface area contributed by atoms with Gasteiger partial charge in [-0.1, -0.05) is 5.92 Å². The van der Waals surface area contributed by atoms with E-state index in [-0.39, 0.29) is 49.0 Å². The molecule has 17 heteroatoms. The molecule has 2 atom stereocenters. The topological polar surface area (TPSA) is 261 Å². The normalized spacial score (nSPS) is 12.1. The van der Waals surface area contributed by atoms with Gasteiger partial charge < -0.3 is 46.7 Å². The Labute approximate surface area is 254 Å². The van der Waals surface area contributed by atoms with E-state index < -0.39 is 66.9 Å². The Hall–Kier alpha value is -5.92. The highest BCUT2D eigenvalue weighted by atomic mass is 19.1. The third-order valence-corrected chi connectivity index (χ3v) is 6.64. The molecule has 0 aliphatic heterocycles. The molecule has 16 nitrogen and oxygen atoms in total. The molecule has 1 aromatic carbocycles. The number of terminal acetylenes is 1. The molecule has 2 amide bonds. The molecule has 0 unspecified atom stereocenters. The Morgan fingerprint density at radius 1 is 1.04 bits per heavy atom. The number of anilines is 2. The highest BCUT2D eigenvalue weighted by Crippen LogP contribution is 2.27. The largest absolute Gasteiger partial charge is 0.493 e. The minimum absolute atomic E-state index is 0.0115. The smallest absolute Gasteiger partial charge is 0.326 e. The third-order valence-electron chi connectivity index (χ3n) is 6.64. The number of carbonyl (C=O) groups excluding carboxylic acids is 2. The van der Waals surface area contributed by atoms with Crippen LogP contribution in [0.5, 0.6) is 5.88 Å². The maximum atomic E-state index is 15.2. The molecular weight excluding hydrogens is 597 g/mol. The van der Waals surface area contributed by atoms with Crippen molar-refractivity contribution in [2.75, 3.05) is 23.7 Å². The second kappa shape index (κ2) is 15.0. The highest BCUT2D eigenvalue weighted by Gasteiger charge is 2.25. The number of aromatic nitrogens is 3. The summed E-state index contributed by atoms with van der Waals surface area (Å²) in [6.07, 6.45) is 5.53. The number of nitrogens with zero attached hydrogens (tertiary/aromatic N) is 3. The van der Waals surface area contributed by atoms with Crippen molar-refractivity contribution in [1.29, 1.82) is 0 Å². The number of rotatable bonds is 16. The number of hydrogen-bond donors (Lipinski definition) is 8. The van der Waals surface area contributed by atoms with Crippen LogP contribution in [0.3, 0.4) is 0 Å². The van der Waals surface area contributed by atoms with Gasteiger partial charge in [0.15, 0.2) is 0 Å². The van der Waals surface area contributed by atoms with Crippen LogP contribution < -0.4 is 21.3 Å². The zero-order valence-electron chi connectivity index (χ0n) is 23.6. The van der Waals surface area contributed by atoms with Crippen LogP contribution in [0.15, 0.2) is 24.4 Å². The number of nitrogens with two attached hydrogens (primary N) is 1. The number of benzene rings is 1. The monoisotopic (exact) mass is 627 g/mol. The zero-order valence-corrected chi connectivity index (χ0v) is 23.6. The van der Waals surface area contributed by atoms with E-state index >= 15 is 4.39 Å². The standard InChI is InChI=1S/C28H30FN7O9/c1-2-10-36(11-9-15-13-31-23-22(15)25(41)35-28(30)34-23)19-6-3-14(12-16(19)29)24(40)33-18(27(44)45)4-7-20(37)32-17(26(42)43)5-8-21(38)39/h1,3,6,12-13,17-18H,4-5,7-11H2,(H,32,37)(H,33,40)(H,38,39)(H,42,43)(H,44,45)(H4,30,31,34,35,41)/t17-,18-/m0/s1. The van der Waals surface area contributed by atoms with Crippen LogP contribution in [0.1, 0.15) is 41.6 Å². The van der Waals surface area contributed by atoms with E-state index in [4.69, 9.17) is 22.4 Å². The number of nitrogens with one attached hydrogen (secondary N) is 3. The first-order valence-electron chi connectivity index (χ1n) is 13.4. The van der Waals surface area contributed by atoms with Crippen molar-refractivity contribution in [3.05, 3.63) is 41.3 Å². The Balaban J connectivity index is 1.65. The molecule has 2 aromatic heterocycles. The second-order valence-corrected chi connectivity index (χ2v) is 9.78. The molecule has 0 bridgehead atoms. The summed E-state index contributed by atoms with van der Waals surface area (Å²) in [5.74, 6) is -4.86. The van der Waals surface area contributed by atoms with Gasteiger partial charge in [0.25, 0.3) is 5.91 Å². The fraction of sp³-hybridized carbons (Fsp3) is 0.321. The Morgan fingerprint density at radius 3 is 2.33 bits per heavy atom. The summed E-state index contributed by atoms with van der Waals surface area (Å²) in [6.45, 7) is 0.175. The minimum atomic E-state index is -1.59. The quantitative estimate of drug-likeness (QED) is 0.101. The summed E-state index contributed by atoms with van der Waals surface area (Å²) in [7, 11) is 0. The predicted molar refractivity (Wildman–Crippen MR) is 156 cm³/mol. The number of halogens is 1. The summed E-state index contributed by atoms with van der Waals surface area (Å²) in [4.78, 5) is 70.8. The van der Waals surface area contributed by atoms with Crippen LogP contribution in [-0.2, 0) is 25.6 Å². The van der Waals surface area contributed by atoms with Crippen molar-refractivity contribution < 1.29 is 48.8 Å². The lowest BCUT2D eigenvalue weighted by Gasteiger charge is -2.23. The number of hydrogen-bond acceptors (Lipinski definition) is 10. The first-order valence-corrected chi connectivity index (χ1v) is 13.4. The number of aromatic amines is 1. The number of carboxylic acid groups (broad SMARTS) is 3. The van der Waals surface area contributed by atoms with Gasteiger partial charge in [-0.2, -0.15) is 9.97 Å². The Kier molecular flexibility index (Phi) is 11.2. The summed E-state index contributed by atoms with van der Waals surface area (Å²) >= 11 is 0. The molecule has 2 heterocycles. The van der Waals surface area contributed by atoms with Crippen LogP contribution in [-0.4, -0.2) is 90.3 Å². The minimum Gasteiger partial charge on any atom is -0.493 e. The maximum Gasteiger partial charge on any atom is 0.326 e. The van der Waals surface area contributed by atoms with E-state index in [9.17, 15) is 34.2 Å². The molecule has 0 saturated heterocycles. The van der Waals surface area contributed by atoms with Crippen molar-refractivity contribution in [2.45, 2.75) is 44.2 Å². The lowest BCUT2D eigenvalue weighted by Crippen LogP contribution is -2.44. The van der Waals surface area contributed by atoms with Crippen LogP contribution in [0.25, 0.3) is 11.0 Å². The number of carbonyl (C=O) groups is 5. The molecule has 3 rings (SSSR count). The summed E-state index contributed by atoms with van der Waals surface area (Å²) in [5, 5.41) is 42.3. The third kappa shape index (κ3) is 9.03. The van der Waals surface area contributed by atoms with Crippen molar-refractivity contribution >= 4 is 52.4 Å². The van der Waals surface area contributed by atoms with Gasteiger partial charge in [0.05, 0.1) is 17.6 Å². The van der Waals surface area contributed by atoms with E-state index in [0.717, 1.165) is 6.07 Å². The lowest BCUT2D eigenvalue weighted by atomic mass is 10.1. The van der Waals surface area contributed by atoms with Gasteiger partial charge in [-0.3, -0.25) is 14.4 Å². The summed E-state index contributed by atoms with van der Waals surface area (Å²) in [5.41, 5.74) is 6.32. The number of fused-ring (bicyclic) bond motifs is 1. The molecule has 3 aromatic rings. The number of amides is 2. The van der Waals surface area contributed by atoms with Gasteiger partial charge in [0.1, 0.15) is 23.5 Å². The van der Waals surface area contributed by atoms with Gasteiger partial charge in [-0.15, -0.1) is 6.42 Å². The van der Waals surface area contributed by atoms with Crippen molar-refractivity contribution in [2.24, 2.45) is 0 Å². The number of aromatic hydroxyl groups is 1. The van der Waals surface area contributed by atoms with Gasteiger partial charge in [0.2, 0.25) is 17.7 Å². The van der Waals surface area contributed by atoms with E-state index in [1.54, 1.807) is 6.20 Å². The van der Waals surface area contributed by atoms with Crippen LogP contribution in [0.2, 0.25) is 0 Å². The molecule has 0 saturated carbocycles. The van der Waals surface area contributed by atoms with Crippen LogP contribution >= 0.6 is 0 Å². The number of carboxylic acids is 3. The average Bonchev–Trinajstić information content (AvgIpc) is 3.38. The molecule has 0 aliphatic rings. The maximum absolute atomic E-state index is 15.2. The Bertz CT molecular complexity index is 1650. The first-order chi connectivity index (χ1) is 21.3. The number of H-pyrrole nitrogens is 1. The summed E-state index contributed by atoms with van der Waals surface area (Å²) < 4.78 is 15.2. The summed E-state index contributed by atoms with van der Waals surface area (Å²) in [6, 6.07) is 0.373. The fourth-order valence-electron chi connectivity index (χ4n) is 4.41. The van der Waals surface area contributed by atoms with Gasteiger partial charge >= 0.3 is 17.9 Å². The van der Waals surface area contributed by atoms with Crippen LogP contribution in [0, 0.1) is 18.2 Å². The molecular formula is C28H30FN7O9. The van der Waals surface area contributed by atoms with E-state index in [2.05, 4.69) is 31.5 Å². The number of aliphatic carboxylic acids is 3. The van der Waals surface area contributed by atoms with E-state index in [1.807, 2.05) is 0 Å². The van der Waals surface area contributed by atoms with Crippen LogP contribution in [0.4, 0.5) is 16.0 Å². The molecule has 0 aliphatic carbocycles. The van der Waals surface area contributed by atoms with Gasteiger partial charge in [-0.05, 0) is 43.0 Å². The highest BCUT2D eigenvalue weighted by molar-refractivity contribution is 5.97. The van der Waals surface area contributed by atoms with Crippen molar-refractivity contribution in [3.8, 4) is 18.2 Å². The van der Waals surface area contributed by atoms with Gasteiger partial charge in [0, 0.05) is 31.1 Å². The SMILES string of the molecule is C#CCN(CCc1c[nH]c2nc(N)nc(O)c12)c1ccc(C(=O)N[C@@H](CCC(=O)N[C@@H](CCC(=O)O)C(=O)O)C(=O)O)cc1F. The van der Waals surface area contributed by atoms with Crippen molar-refractivity contribution in [3.63, 3.8) is 0 Å². The second-order valence-electron chi connectivity index (χ2n) is 9.78. The molecule has 238 valence electrons. The van der Waals surface area contributed by atoms with Gasteiger partial charge in [-0.25, -0.2) is 14.0 Å². The number of nitrogen functional groups attached to an aromatic ring is 1. The molecule has 0 fully saturated rings. The molecule has 45 heavy (non-hydrogen) atoms. The van der Waals surface area contributed by atoms with E-state index in [1.165, 1.54) is 17.0 Å². The lowest BCUT2D eigenvalue weighted by molar-refractivity contribution is -0.143. The zero-order chi connectivity index (χ0) is 33.3. The molecule has 0 radical (unpaired) electrons. The van der Waals surface area contributed by atoms with Crippen molar-refractivity contribution in [1.82, 2.24) is 25.6 Å². The molecule has 0 spiro atoms. The fourth-order valence-corrected chi connectivity index (χ4v) is 4.41. The predicted octanol–water partition coefficient (Wildman–Crippen LogP) is 0.465. The Morgan fingerprint density at radius 2 is 1.71 bits per heavy atom. The van der Waals surface area contributed by atoms with E-state index in [0.29, 0.717) is 16.6 Å².